The number of anilines is 6. The maximum absolute atomic E-state index is 13.1. The first-order chi connectivity index (χ1) is 22.2. The molecule has 46 heavy (non-hydrogen) atoms. The van der Waals surface area contributed by atoms with Gasteiger partial charge in [0.1, 0.15) is 10.6 Å². The van der Waals surface area contributed by atoms with Gasteiger partial charge in [0.25, 0.3) is 0 Å². The number of para-hydroxylation sites is 3. The molecule has 0 fully saturated rings. The van der Waals surface area contributed by atoms with Crippen LogP contribution in [0.2, 0.25) is 0 Å². The molecule has 13 heteroatoms. The summed E-state index contributed by atoms with van der Waals surface area (Å²) < 4.78 is 31.6. The van der Waals surface area contributed by atoms with Gasteiger partial charge in [-0.1, -0.05) is 54.6 Å². The topological polar surface area (TPSA) is 167 Å². The van der Waals surface area contributed by atoms with Gasteiger partial charge in [0.15, 0.2) is 0 Å². The molecule has 0 saturated carbocycles. The van der Waals surface area contributed by atoms with Crippen LogP contribution in [-0.2, 0) is 10.1 Å². The van der Waals surface area contributed by atoms with Gasteiger partial charge < -0.3 is 36.1 Å². The molecule has 0 unspecified atom stereocenters. The Morgan fingerprint density at radius 2 is 0.826 bits per heavy atom. The fourth-order valence-corrected chi connectivity index (χ4v) is 5.02. The second-order valence-electron chi connectivity index (χ2n) is 9.60. The molecule has 6 N–H and O–H groups in total. The number of hydrogen-bond donors (Lipinski definition) is 6. The van der Waals surface area contributed by atoms with Crippen molar-refractivity contribution in [3.8, 4) is 5.75 Å². The SMILES string of the molecule is O=C(Nc1ccccc1)Nc1ccc(S(=O)(=O)Oc2ccc(NC(=O)Nc3ccccc3)c(NC(=O)Nc3ccccc3)c2)cc1. The molecule has 0 spiro atoms. The Morgan fingerprint density at radius 3 is 1.28 bits per heavy atom. The van der Waals surface area contributed by atoms with Crippen molar-refractivity contribution >= 4 is 62.3 Å². The molecule has 232 valence electrons. The molecule has 0 aliphatic rings. The Hall–Kier alpha value is -6.34. The molecular weight excluding hydrogens is 608 g/mol. The summed E-state index contributed by atoms with van der Waals surface area (Å²) in [6, 6.07) is 33.9. The molecule has 6 amide bonds. The van der Waals surface area contributed by atoms with Crippen molar-refractivity contribution in [1.82, 2.24) is 0 Å². The molecule has 0 saturated heterocycles. The van der Waals surface area contributed by atoms with Crippen LogP contribution >= 0.6 is 0 Å². The molecule has 5 rings (SSSR count). The number of hydrogen-bond acceptors (Lipinski definition) is 6. The number of amides is 6. The molecule has 0 atom stereocenters. The van der Waals surface area contributed by atoms with Gasteiger partial charge in [-0.2, -0.15) is 8.42 Å². The van der Waals surface area contributed by atoms with Crippen LogP contribution in [0, 0.1) is 0 Å². The number of carbonyl (C=O) groups excluding carboxylic acids is 3. The Kier molecular flexibility index (Phi) is 9.75. The number of nitrogens with one attached hydrogen (secondary N) is 6. The normalized spacial score (nSPS) is 10.6. The van der Waals surface area contributed by atoms with Gasteiger partial charge in [0.2, 0.25) is 0 Å². The summed E-state index contributed by atoms with van der Waals surface area (Å²) >= 11 is 0. The number of urea groups is 3. The Labute approximate surface area is 264 Å². The zero-order valence-electron chi connectivity index (χ0n) is 24.1. The predicted octanol–water partition coefficient (Wildman–Crippen LogP) is 7.39. The predicted molar refractivity (Wildman–Crippen MR) is 178 cm³/mol. The van der Waals surface area contributed by atoms with Gasteiger partial charge in [0.05, 0.1) is 11.4 Å². The fourth-order valence-electron chi connectivity index (χ4n) is 4.09. The highest BCUT2D eigenvalue weighted by molar-refractivity contribution is 7.87. The molecular formula is C33H28N6O6S. The summed E-state index contributed by atoms with van der Waals surface area (Å²) in [5.74, 6) is -0.131. The summed E-state index contributed by atoms with van der Waals surface area (Å²) in [6.45, 7) is 0. The van der Waals surface area contributed by atoms with E-state index in [1.165, 1.54) is 42.5 Å². The number of carbonyl (C=O) groups is 3. The zero-order valence-corrected chi connectivity index (χ0v) is 24.9. The largest absolute Gasteiger partial charge is 0.379 e. The first-order valence-electron chi connectivity index (χ1n) is 13.8. The van der Waals surface area contributed by atoms with E-state index in [1.807, 2.05) is 6.07 Å². The first-order valence-corrected chi connectivity index (χ1v) is 15.2. The van der Waals surface area contributed by atoms with Gasteiger partial charge in [-0.05, 0) is 72.8 Å². The van der Waals surface area contributed by atoms with E-state index in [9.17, 15) is 22.8 Å². The molecule has 0 aliphatic heterocycles. The number of benzene rings is 5. The molecule has 12 nitrogen and oxygen atoms in total. The lowest BCUT2D eigenvalue weighted by atomic mass is 10.2. The first kappa shape index (κ1) is 31.1. The highest BCUT2D eigenvalue weighted by Gasteiger charge is 2.19. The van der Waals surface area contributed by atoms with Crippen LogP contribution in [-0.4, -0.2) is 26.5 Å². The Bertz CT molecular complexity index is 1920. The Balaban J connectivity index is 1.30. The van der Waals surface area contributed by atoms with Crippen molar-refractivity contribution < 1.29 is 27.0 Å². The summed E-state index contributed by atoms with van der Waals surface area (Å²) in [5, 5.41) is 15.9. The van der Waals surface area contributed by atoms with E-state index in [-0.39, 0.29) is 22.0 Å². The van der Waals surface area contributed by atoms with Gasteiger partial charge in [0, 0.05) is 28.8 Å². The molecule has 0 radical (unpaired) electrons. The van der Waals surface area contributed by atoms with Crippen LogP contribution in [0.5, 0.6) is 5.75 Å². The molecule has 0 heterocycles. The standard InChI is InChI=1S/C33H28N6O6S/c40-31(34-23-10-4-1-5-11-23)37-26-16-19-28(20-17-26)46(43,44)45-27-18-21-29(38-32(41)35-24-12-6-2-7-13-24)30(22-27)39-33(42)36-25-14-8-3-9-15-25/h1-22H,(H2,34,37,40)(H2,35,38,41)(H2,36,39,42). The highest BCUT2D eigenvalue weighted by Crippen LogP contribution is 2.30. The average molecular weight is 637 g/mol. The fraction of sp³-hybridized carbons (Fsp3) is 0. The average Bonchev–Trinajstić information content (AvgIpc) is 3.04. The lowest BCUT2D eigenvalue weighted by Gasteiger charge is -2.16. The second kappa shape index (κ2) is 14.4. The minimum atomic E-state index is -4.33. The van der Waals surface area contributed by atoms with Crippen LogP contribution < -0.4 is 36.1 Å². The molecule has 0 bridgehead atoms. The smallest absolute Gasteiger partial charge is 0.339 e. The van der Waals surface area contributed by atoms with E-state index < -0.39 is 28.2 Å². The monoisotopic (exact) mass is 636 g/mol. The van der Waals surface area contributed by atoms with Crippen LogP contribution in [0.1, 0.15) is 0 Å². The van der Waals surface area contributed by atoms with Gasteiger partial charge in [-0.3, -0.25) is 0 Å². The van der Waals surface area contributed by atoms with Gasteiger partial charge in [-0.15, -0.1) is 0 Å². The van der Waals surface area contributed by atoms with E-state index in [4.69, 9.17) is 4.18 Å². The Morgan fingerprint density at radius 1 is 0.435 bits per heavy atom. The lowest BCUT2D eigenvalue weighted by Crippen LogP contribution is -2.23. The summed E-state index contributed by atoms with van der Waals surface area (Å²) in [6.07, 6.45) is 0. The van der Waals surface area contributed by atoms with Crippen LogP contribution in [0.4, 0.5) is 48.5 Å². The lowest BCUT2D eigenvalue weighted by molar-refractivity contribution is 0.261. The van der Waals surface area contributed by atoms with Crippen molar-refractivity contribution in [3.63, 3.8) is 0 Å². The summed E-state index contributed by atoms with van der Waals surface area (Å²) in [4.78, 5) is 37.6. The van der Waals surface area contributed by atoms with E-state index in [0.717, 1.165) is 0 Å². The summed E-state index contributed by atoms with van der Waals surface area (Å²) in [7, 11) is -4.33. The third-order valence-electron chi connectivity index (χ3n) is 6.19. The highest BCUT2D eigenvalue weighted by atomic mass is 32.2. The van der Waals surface area contributed by atoms with Crippen LogP contribution in [0.15, 0.2) is 138 Å². The number of rotatable bonds is 9. The van der Waals surface area contributed by atoms with Gasteiger partial charge >= 0.3 is 28.2 Å². The van der Waals surface area contributed by atoms with E-state index in [1.54, 1.807) is 84.9 Å². The maximum Gasteiger partial charge on any atom is 0.339 e. The van der Waals surface area contributed by atoms with Crippen molar-refractivity contribution in [3.05, 3.63) is 133 Å². The van der Waals surface area contributed by atoms with Gasteiger partial charge in [-0.25, -0.2) is 14.4 Å². The maximum atomic E-state index is 13.1. The zero-order chi connectivity index (χ0) is 32.4. The van der Waals surface area contributed by atoms with Crippen molar-refractivity contribution in [2.45, 2.75) is 4.90 Å². The van der Waals surface area contributed by atoms with Crippen LogP contribution in [0.3, 0.4) is 0 Å². The molecule has 0 aliphatic carbocycles. The van der Waals surface area contributed by atoms with Crippen molar-refractivity contribution in [1.29, 1.82) is 0 Å². The third kappa shape index (κ3) is 8.84. The van der Waals surface area contributed by atoms with E-state index >= 15 is 0 Å². The van der Waals surface area contributed by atoms with Crippen molar-refractivity contribution in [2.75, 3.05) is 31.9 Å². The second-order valence-corrected chi connectivity index (χ2v) is 11.2. The molecule has 0 aromatic heterocycles. The third-order valence-corrected chi connectivity index (χ3v) is 7.45. The molecule has 5 aromatic rings. The van der Waals surface area contributed by atoms with Crippen molar-refractivity contribution in [2.24, 2.45) is 0 Å². The minimum absolute atomic E-state index is 0.0633. The van der Waals surface area contributed by atoms with E-state index in [2.05, 4.69) is 31.9 Å². The quantitative estimate of drug-likeness (QED) is 0.0923. The van der Waals surface area contributed by atoms with E-state index in [0.29, 0.717) is 22.7 Å². The molecule has 5 aromatic carbocycles. The van der Waals surface area contributed by atoms with Crippen LogP contribution in [0.25, 0.3) is 0 Å². The minimum Gasteiger partial charge on any atom is -0.379 e. The summed E-state index contributed by atoms with van der Waals surface area (Å²) in [5.41, 5.74) is 2.24.